The van der Waals surface area contributed by atoms with Crippen LogP contribution in [0.1, 0.15) is 38.7 Å². The first-order chi connectivity index (χ1) is 9.57. The Bertz CT molecular complexity index is 422. The first-order valence-electron chi connectivity index (χ1n) is 7.63. The van der Waals surface area contributed by atoms with E-state index >= 15 is 0 Å². The van der Waals surface area contributed by atoms with Gasteiger partial charge in [0.1, 0.15) is 0 Å². The molecular formula is C17H26N2O. The maximum Gasteiger partial charge on any atom is 0.224 e. The van der Waals surface area contributed by atoms with E-state index in [-0.39, 0.29) is 17.4 Å². The molecule has 0 spiro atoms. The summed E-state index contributed by atoms with van der Waals surface area (Å²) in [7, 11) is 0. The lowest BCUT2D eigenvalue weighted by molar-refractivity contribution is -0.127. The normalized spacial score (nSPS) is 19.6. The minimum atomic E-state index is -0.148. The highest BCUT2D eigenvalue weighted by molar-refractivity contribution is 5.79. The van der Waals surface area contributed by atoms with Gasteiger partial charge in [-0.1, -0.05) is 30.3 Å². The molecule has 1 fully saturated rings. The van der Waals surface area contributed by atoms with Crippen LogP contribution in [0.2, 0.25) is 0 Å². The summed E-state index contributed by atoms with van der Waals surface area (Å²) < 4.78 is 0. The summed E-state index contributed by atoms with van der Waals surface area (Å²) in [6.07, 6.45) is 4.07. The second kappa shape index (κ2) is 6.89. The highest BCUT2D eigenvalue weighted by atomic mass is 16.2. The summed E-state index contributed by atoms with van der Waals surface area (Å²) in [4.78, 5) is 12.3. The SMILES string of the molecule is CC(C)(CCc1ccccc1)NC(=O)C1CCCNC1. The largest absolute Gasteiger partial charge is 0.351 e. The summed E-state index contributed by atoms with van der Waals surface area (Å²) in [5, 5.41) is 6.52. The third-order valence-corrected chi connectivity index (χ3v) is 4.01. The molecule has 1 amide bonds. The molecule has 1 aliphatic rings. The van der Waals surface area contributed by atoms with Crippen molar-refractivity contribution in [2.75, 3.05) is 13.1 Å². The smallest absolute Gasteiger partial charge is 0.224 e. The number of piperidine rings is 1. The molecule has 1 atom stereocenters. The van der Waals surface area contributed by atoms with Crippen LogP contribution in [0.25, 0.3) is 0 Å². The Morgan fingerprint density at radius 3 is 2.75 bits per heavy atom. The number of amides is 1. The van der Waals surface area contributed by atoms with Gasteiger partial charge < -0.3 is 10.6 Å². The Morgan fingerprint density at radius 1 is 1.35 bits per heavy atom. The van der Waals surface area contributed by atoms with Gasteiger partial charge in [-0.3, -0.25) is 4.79 Å². The van der Waals surface area contributed by atoms with Gasteiger partial charge in [0.25, 0.3) is 0 Å². The molecule has 1 aliphatic heterocycles. The lowest BCUT2D eigenvalue weighted by atomic mass is 9.92. The van der Waals surface area contributed by atoms with Crippen molar-refractivity contribution in [2.24, 2.45) is 5.92 Å². The van der Waals surface area contributed by atoms with E-state index in [1.165, 1.54) is 5.56 Å². The van der Waals surface area contributed by atoms with Gasteiger partial charge in [-0.15, -0.1) is 0 Å². The quantitative estimate of drug-likeness (QED) is 0.866. The Hall–Kier alpha value is -1.35. The zero-order valence-corrected chi connectivity index (χ0v) is 12.6. The molecule has 1 aromatic rings. The molecule has 20 heavy (non-hydrogen) atoms. The average molecular weight is 274 g/mol. The second-order valence-corrected chi connectivity index (χ2v) is 6.40. The van der Waals surface area contributed by atoms with Crippen LogP contribution < -0.4 is 10.6 Å². The topological polar surface area (TPSA) is 41.1 Å². The summed E-state index contributed by atoms with van der Waals surface area (Å²) >= 11 is 0. The van der Waals surface area contributed by atoms with Gasteiger partial charge in [-0.05, 0) is 51.6 Å². The van der Waals surface area contributed by atoms with Crippen molar-refractivity contribution in [3.8, 4) is 0 Å². The Balaban J connectivity index is 1.82. The molecule has 1 aromatic carbocycles. The molecule has 2 N–H and O–H groups in total. The molecular weight excluding hydrogens is 248 g/mol. The van der Waals surface area contributed by atoms with Crippen LogP contribution in [-0.4, -0.2) is 24.5 Å². The standard InChI is InChI=1S/C17H26N2O/c1-17(2,11-10-14-7-4-3-5-8-14)19-16(20)15-9-6-12-18-13-15/h3-5,7-8,15,18H,6,9-13H2,1-2H3,(H,19,20). The van der Waals surface area contributed by atoms with Crippen LogP contribution in [0, 0.1) is 5.92 Å². The number of aryl methyl sites for hydroxylation is 1. The van der Waals surface area contributed by atoms with Crippen molar-refractivity contribution < 1.29 is 4.79 Å². The number of nitrogens with one attached hydrogen (secondary N) is 2. The number of carbonyl (C=O) groups excluding carboxylic acids is 1. The van der Waals surface area contributed by atoms with Crippen molar-refractivity contribution in [1.29, 1.82) is 0 Å². The first kappa shape index (κ1) is 15.0. The van der Waals surface area contributed by atoms with E-state index in [9.17, 15) is 4.79 Å². The molecule has 3 heteroatoms. The van der Waals surface area contributed by atoms with Crippen molar-refractivity contribution >= 4 is 5.91 Å². The van der Waals surface area contributed by atoms with Crippen molar-refractivity contribution in [3.05, 3.63) is 35.9 Å². The summed E-state index contributed by atoms with van der Waals surface area (Å²) in [6.45, 7) is 6.09. The fourth-order valence-electron chi connectivity index (χ4n) is 2.68. The fourth-order valence-corrected chi connectivity index (χ4v) is 2.68. The van der Waals surface area contributed by atoms with E-state index in [1.807, 2.05) is 6.07 Å². The lowest BCUT2D eigenvalue weighted by Gasteiger charge is -2.30. The summed E-state index contributed by atoms with van der Waals surface area (Å²) in [5.41, 5.74) is 1.18. The van der Waals surface area contributed by atoms with Gasteiger partial charge in [-0.2, -0.15) is 0 Å². The molecule has 0 bridgehead atoms. The number of carbonyl (C=O) groups is 1. The molecule has 1 unspecified atom stereocenters. The van der Waals surface area contributed by atoms with E-state index < -0.39 is 0 Å². The molecule has 0 radical (unpaired) electrons. The zero-order valence-electron chi connectivity index (χ0n) is 12.6. The minimum Gasteiger partial charge on any atom is -0.351 e. The minimum absolute atomic E-state index is 0.139. The molecule has 0 saturated carbocycles. The molecule has 110 valence electrons. The molecule has 1 saturated heterocycles. The zero-order chi connectivity index (χ0) is 14.4. The second-order valence-electron chi connectivity index (χ2n) is 6.40. The van der Waals surface area contributed by atoms with Crippen molar-refractivity contribution in [3.63, 3.8) is 0 Å². The molecule has 2 rings (SSSR count). The van der Waals surface area contributed by atoms with Gasteiger partial charge in [0.2, 0.25) is 5.91 Å². The highest BCUT2D eigenvalue weighted by Gasteiger charge is 2.26. The predicted molar refractivity (Wildman–Crippen MR) is 82.6 cm³/mol. The van der Waals surface area contributed by atoms with Crippen molar-refractivity contribution in [1.82, 2.24) is 10.6 Å². The molecule has 3 nitrogen and oxygen atoms in total. The van der Waals surface area contributed by atoms with Crippen LogP contribution in [0.3, 0.4) is 0 Å². The van der Waals surface area contributed by atoms with Crippen LogP contribution in [-0.2, 0) is 11.2 Å². The van der Waals surface area contributed by atoms with Crippen LogP contribution in [0.5, 0.6) is 0 Å². The molecule has 1 heterocycles. The van der Waals surface area contributed by atoms with E-state index in [0.717, 1.165) is 38.8 Å². The van der Waals surface area contributed by atoms with Gasteiger partial charge in [0.15, 0.2) is 0 Å². The van der Waals surface area contributed by atoms with Gasteiger partial charge in [-0.25, -0.2) is 0 Å². The first-order valence-corrected chi connectivity index (χ1v) is 7.63. The number of benzene rings is 1. The fraction of sp³-hybridized carbons (Fsp3) is 0.588. The Morgan fingerprint density at radius 2 is 2.10 bits per heavy atom. The van der Waals surface area contributed by atoms with E-state index in [1.54, 1.807) is 0 Å². The van der Waals surface area contributed by atoms with Gasteiger partial charge in [0, 0.05) is 12.1 Å². The Labute approximate surface area is 122 Å². The number of hydrogen-bond donors (Lipinski definition) is 2. The van der Waals surface area contributed by atoms with E-state index in [4.69, 9.17) is 0 Å². The van der Waals surface area contributed by atoms with Crippen molar-refractivity contribution in [2.45, 2.75) is 45.1 Å². The van der Waals surface area contributed by atoms with Gasteiger partial charge >= 0.3 is 0 Å². The molecule has 0 aliphatic carbocycles. The monoisotopic (exact) mass is 274 g/mol. The van der Waals surface area contributed by atoms with Crippen LogP contribution in [0.4, 0.5) is 0 Å². The predicted octanol–water partition coefficient (Wildman–Crippen LogP) is 2.51. The maximum atomic E-state index is 12.3. The molecule has 0 aromatic heterocycles. The maximum absolute atomic E-state index is 12.3. The summed E-state index contributed by atoms with van der Waals surface area (Å²) in [5.74, 6) is 0.343. The third kappa shape index (κ3) is 4.64. The average Bonchev–Trinajstić information content (AvgIpc) is 2.47. The number of rotatable bonds is 5. The summed E-state index contributed by atoms with van der Waals surface area (Å²) in [6, 6.07) is 10.4. The van der Waals surface area contributed by atoms with E-state index in [0.29, 0.717) is 0 Å². The van der Waals surface area contributed by atoms with E-state index in [2.05, 4.69) is 48.7 Å². The third-order valence-electron chi connectivity index (χ3n) is 4.01. The van der Waals surface area contributed by atoms with Crippen LogP contribution >= 0.6 is 0 Å². The highest BCUT2D eigenvalue weighted by Crippen LogP contribution is 2.16. The Kier molecular flexibility index (Phi) is 5.18. The van der Waals surface area contributed by atoms with Crippen LogP contribution in [0.15, 0.2) is 30.3 Å². The lowest BCUT2D eigenvalue weighted by Crippen LogP contribution is -2.49. The van der Waals surface area contributed by atoms with Gasteiger partial charge in [0.05, 0.1) is 5.92 Å². The number of hydrogen-bond acceptors (Lipinski definition) is 2.